The maximum atomic E-state index is 12.7. The van der Waals surface area contributed by atoms with Crippen molar-refractivity contribution < 1.29 is 18.0 Å². The number of pyridine rings is 1. The van der Waals surface area contributed by atoms with Crippen molar-refractivity contribution in [3.63, 3.8) is 0 Å². The lowest BCUT2D eigenvalue weighted by Gasteiger charge is -2.30. The fourth-order valence-electron chi connectivity index (χ4n) is 2.84. The molecule has 0 saturated carbocycles. The van der Waals surface area contributed by atoms with Crippen LogP contribution in [0.1, 0.15) is 28.1 Å². The van der Waals surface area contributed by atoms with Gasteiger partial charge in [0.15, 0.2) is 0 Å². The molecule has 1 atom stereocenters. The van der Waals surface area contributed by atoms with Gasteiger partial charge in [-0.15, -0.1) is 11.3 Å². The molecule has 2 N–H and O–H groups in total. The average molecular weight is 409 g/mol. The molecule has 0 aliphatic carbocycles. The third-order valence-electron chi connectivity index (χ3n) is 4.29. The smallest absolute Gasteiger partial charge is 0.271 e. The van der Waals surface area contributed by atoms with Gasteiger partial charge in [-0.2, -0.15) is 4.31 Å². The highest BCUT2D eigenvalue weighted by Gasteiger charge is 2.34. The molecule has 2 aromatic rings. The molecule has 2 aromatic heterocycles. The summed E-state index contributed by atoms with van der Waals surface area (Å²) >= 11 is 1.22. The van der Waals surface area contributed by atoms with Crippen molar-refractivity contribution in [3.8, 4) is 0 Å². The summed E-state index contributed by atoms with van der Waals surface area (Å²) in [6.45, 7) is 2.32. The summed E-state index contributed by atoms with van der Waals surface area (Å²) in [5.74, 6) is -1.41. The van der Waals surface area contributed by atoms with Crippen molar-refractivity contribution in [3.05, 3.63) is 47.1 Å². The zero-order chi connectivity index (χ0) is 19.4. The zero-order valence-electron chi connectivity index (χ0n) is 14.7. The predicted molar refractivity (Wildman–Crippen MR) is 100 cm³/mol. The Kier molecular flexibility index (Phi) is 5.88. The largest absolute Gasteiger partial charge is 0.273 e. The Morgan fingerprint density at radius 2 is 2.07 bits per heavy atom. The number of sulfonamides is 1. The van der Waals surface area contributed by atoms with Gasteiger partial charge in [-0.1, -0.05) is 0 Å². The second kappa shape index (κ2) is 8.15. The number of nitrogens with one attached hydrogen (secondary N) is 2. The molecule has 8 nitrogen and oxygen atoms in total. The van der Waals surface area contributed by atoms with Gasteiger partial charge < -0.3 is 0 Å². The first-order valence-corrected chi connectivity index (χ1v) is 10.7. The van der Waals surface area contributed by atoms with Crippen LogP contribution in [0.5, 0.6) is 0 Å². The topological polar surface area (TPSA) is 108 Å². The van der Waals surface area contributed by atoms with Crippen molar-refractivity contribution in [2.45, 2.75) is 24.0 Å². The molecule has 0 bridgehead atoms. The van der Waals surface area contributed by atoms with Crippen LogP contribution in [0.4, 0.5) is 0 Å². The molecule has 0 spiro atoms. The van der Waals surface area contributed by atoms with E-state index in [-0.39, 0.29) is 10.8 Å². The van der Waals surface area contributed by atoms with Crippen LogP contribution < -0.4 is 10.9 Å². The monoisotopic (exact) mass is 408 g/mol. The van der Waals surface area contributed by atoms with Crippen molar-refractivity contribution >= 4 is 33.2 Å². The molecule has 3 heterocycles. The number of hydrogen-bond donors (Lipinski definition) is 2. The van der Waals surface area contributed by atoms with Crippen molar-refractivity contribution in [1.29, 1.82) is 0 Å². The van der Waals surface area contributed by atoms with E-state index in [1.54, 1.807) is 30.5 Å². The summed E-state index contributed by atoms with van der Waals surface area (Å²) in [5.41, 5.74) is 5.04. The third kappa shape index (κ3) is 4.52. The Labute approximate surface area is 161 Å². The number of aryl methyl sites for hydroxylation is 1. The molecular weight excluding hydrogens is 388 g/mol. The van der Waals surface area contributed by atoms with Crippen LogP contribution in [0.25, 0.3) is 0 Å². The fraction of sp³-hybridized carbons (Fsp3) is 0.353. The summed E-state index contributed by atoms with van der Waals surface area (Å²) < 4.78 is 27.1. The van der Waals surface area contributed by atoms with E-state index in [0.29, 0.717) is 24.9 Å². The van der Waals surface area contributed by atoms with Crippen LogP contribution in [-0.4, -0.2) is 42.6 Å². The van der Waals surface area contributed by atoms with Gasteiger partial charge in [0.05, 0.1) is 11.5 Å². The average Bonchev–Trinajstić information content (AvgIpc) is 3.14. The summed E-state index contributed by atoms with van der Waals surface area (Å²) in [7, 11) is -3.61. The lowest BCUT2D eigenvalue weighted by Crippen LogP contribution is -2.49. The van der Waals surface area contributed by atoms with Crippen LogP contribution >= 0.6 is 11.3 Å². The number of hydrazine groups is 1. The summed E-state index contributed by atoms with van der Waals surface area (Å²) in [4.78, 5) is 29.1. The Morgan fingerprint density at radius 1 is 1.26 bits per heavy atom. The zero-order valence-corrected chi connectivity index (χ0v) is 16.3. The SMILES string of the molecule is Cc1ccc(S(=O)(=O)N2CCC[C@@H](C(=O)NNC(=O)c3cccnc3)C2)s1. The minimum absolute atomic E-state index is 0.0911. The quantitative estimate of drug-likeness (QED) is 0.742. The number of nitrogens with zero attached hydrogens (tertiary/aromatic N) is 2. The first-order valence-electron chi connectivity index (χ1n) is 8.45. The molecule has 0 radical (unpaired) electrons. The third-order valence-corrected chi connectivity index (χ3v) is 7.62. The molecule has 1 saturated heterocycles. The Morgan fingerprint density at radius 3 is 2.74 bits per heavy atom. The van der Waals surface area contributed by atoms with E-state index in [1.807, 2.05) is 6.92 Å². The number of hydrogen-bond acceptors (Lipinski definition) is 6. The molecule has 1 fully saturated rings. The molecule has 3 rings (SSSR count). The van der Waals surface area contributed by atoms with Crippen LogP contribution in [0.3, 0.4) is 0 Å². The van der Waals surface area contributed by atoms with E-state index in [2.05, 4.69) is 15.8 Å². The normalized spacial score (nSPS) is 18.0. The van der Waals surface area contributed by atoms with Crippen LogP contribution in [-0.2, 0) is 14.8 Å². The van der Waals surface area contributed by atoms with Crippen molar-refractivity contribution in [2.24, 2.45) is 5.92 Å². The maximum Gasteiger partial charge on any atom is 0.271 e. The fourth-order valence-corrected chi connectivity index (χ4v) is 5.80. The van der Waals surface area contributed by atoms with Crippen molar-refractivity contribution in [1.82, 2.24) is 20.1 Å². The van der Waals surface area contributed by atoms with Gasteiger partial charge in [0.25, 0.3) is 15.9 Å². The van der Waals surface area contributed by atoms with Gasteiger partial charge in [0.2, 0.25) is 5.91 Å². The van der Waals surface area contributed by atoms with E-state index in [0.717, 1.165) is 4.88 Å². The molecule has 10 heteroatoms. The lowest BCUT2D eigenvalue weighted by atomic mass is 9.99. The summed E-state index contributed by atoms with van der Waals surface area (Å²) in [6, 6.07) is 6.55. The second-order valence-corrected chi connectivity index (χ2v) is 9.71. The molecule has 0 aromatic carbocycles. The van der Waals surface area contributed by atoms with E-state index >= 15 is 0 Å². The van der Waals surface area contributed by atoms with Gasteiger partial charge in [-0.05, 0) is 44.0 Å². The molecule has 1 aliphatic rings. The number of carbonyl (C=O) groups excluding carboxylic acids is 2. The van der Waals surface area contributed by atoms with E-state index < -0.39 is 27.8 Å². The van der Waals surface area contributed by atoms with E-state index in [9.17, 15) is 18.0 Å². The van der Waals surface area contributed by atoms with Crippen LogP contribution in [0.15, 0.2) is 40.9 Å². The van der Waals surface area contributed by atoms with E-state index in [1.165, 1.54) is 21.8 Å². The van der Waals surface area contributed by atoms with Gasteiger partial charge in [-0.3, -0.25) is 25.4 Å². The minimum atomic E-state index is -3.61. The van der Waals surface area contributed by atoms with Crippen LogP contribution in [0, 0.1) is 12.8 Å². The molecule has 2 amide bonds. The number of carbonyl (C=O) groups is 2. The molecule has 0 unspecified atom stereocenters. The Bertz CT molecular complexity index is 927. The number of thiophene rings is 1. The highest BCUT2D eigenvalue weighted by Crippen LogP contribution is 2.28. The second-order valence-electron chi connectivity index (χ2n) is 6.25. The highest BCUT2D eigenvalue weighted by atomic mass is 32.2. The van der Waals surface area contributed by atoms with E-state index in [4.69, 9.17) is 0 Å². The predicted octanol–water partition coefficient (Wildman–Crippen LogP) is 1.31. The highest BCUT2D eigenvalue weighted by molar-refractivity contribution is 7.91. The molecule has 1 aliphatic heterocycles. The number of amides is 2. The molecule has 144 valence electrons. The van der Waals surface area contributed by atoms with Gasteiger partial charge in [0.1, 0.15) is 4.21 Å². The number of rotatable bonds is 4. The summed E-state index contributed by atoms with van der Waals surface area (Å²) in [5, 5.41) is 0. The summed E-state index contributed by atoms with van der Waals surface area (Å²) in [6.07, 6.45) is 4.07. The number of aromatic nitrogens is 1. The molecular formula is C17H20N4O4S2. The van der Waals surface area contributed by atoms with Gasteiger partial charge >= 0.3 is 0 Å². The first-order chi connectivity index (χ1) is 12.9. The minimum Gasteiger partial charge on any atom is -0.273 e. The maximum absolute atomic E-state index is 12.7. The Balaban J connectivity index is 1.60. The van der Waals surface area contributed by atoms with Gasteiger partial charge in [-0.25, -0.2) is 8.42 Å². The number of piperidine rings is 1. The standard InChI is InChI=1S/C17H20N4O4S2/c1-12-6-7-15(26-12)27(24,25)21-9-3-5-14(11-21)17(23)20-19-16(22)13-4-2-8-18-10-13/h2,4,6-8,10,14H,3,5,9,11H2,1H3,(H,19,22)(H,20,23)/t14-/m1/s1. The first kappa shape index (κ1) is 19.5. The molecule has 27 heavy (non-hydrogen) atoms. The Hall–Kier alpha value is -2.30. The van der Waals surface area contributed by atoms with Crippen LogP contribution in [0.2, 0.25) is 0 Å². The van der Waals surface area contributed by atoms with Crippen molar-refractivity contribution in [2.75, 3.05) is 13.1 Å². The van der Waals surface area contributed by atoms with Gasteiger partial charge in [0, 0.05) is 30.4 Å². The lowest BCUT2D eigenvalue weighted by molar-refractivity contribution is -0.126.